The molecule has 0 saturated carbocycles. The first-order valence-electron chi connectivity index (χ1n) is 6.02. The molecule has 92 valence electrons. The Hall–Kier alpha value is -1.64. The molecule has 0 saturated heterocycles. The maximum atomic E-state index is 12.3. The fourth-order valence-electron chi connectivity index (χ4n) is 1.67. The van der Waals surface area contributed by atoms with Gasteiger partial charge in [0, 0.05) is 24.0 Å². The summed E-state index contributed by atoms with van der Waals surface area (Å²) in [5, 5.41) is 0. The number of pyridine rings is 1. The summed E-state index contributed by atoms with van der Waals surface area (Å²) in [6.07, 6.45) is 8.26. The molecule has 1 atom stereocenters. The summed E-state index contributed by atoms with van der Waals surface area (Å²) in [7, 11) is 0. The van der Waals surface area contributed by atoms with E-state index in [1.54, 1.807) is 10.8 Å². The van der Waals surface area contributed by atoms with Crippen molar-refractivity contribution in [3.05, 3.63) is 34.3 Å². The lowest BCUT2D eigenvalue weighted by Gasteiger charge is -2.14. The Bertz CT molecular complexity index is 483. The molecular formula is C14H20N2O. The van der Waals surface area contributed by atoms with Crippen LogP contribution in [0.1, 0.15) is 45.7 Å². The molecular weight excluding hydrogens is 212 g/mol. The number of aliphatic imine (C=N–C) groups is 1. The Labute approximate surface area is 103 Å². The lowest BCUT2D eigenvalue weighted by molar-refractivity contribution is 0.515. The third kappa shape index (κ3) is 2.93. The standard InChI is InChI=1S/C14H20N2O/c1-5-8-12-9-10-16(11(4)6-2)14(17)13(12)15-7-3/h5,7-11H,6H2,1-4H3/b8-5-,15-7?. The topological polar surface area (TPSA) is 34.4 Å². The van der Waals surface area contributed by atoms with Crippen LogP contribution in [0, 0.1) is 0 Å². The molecule has 3 heteroatoms. The molecule has 0 N–H and O–H groups in total. The van der Waals surface area contributed by atoms with Gasteiger partial charge in [0.1, 0.15) is 5.69 Å². The molecule has 1 aromatic heterocycles. The van der Waals surface area contributed by atoms with Crippen molar-refractivity contribution in [2.24, 2.45) is 4.99 Å². The Morgan fingerprint density at radius 2 is 2.18 bits per heavy atom. The first-order chi connectivity index (χ1) is 8.15. The number of hydrogen-bond acceptors (Lipinski definition) is 2. The average Bonchev–Trinajstić information content (AvgIpc) is 2.33. The number of allylic oxidation sites excluding steroid dienone is 1. The van der Waals surface area contributed by atoms with Crippen LogP contribution in [0.3, 0.4) is 0 Å². The lowest BCUT2D eigenvalue weighted by Crippen LogP contribution is -2.22. The zero-order valence-corrected chi connectivity index (χ0v) is 11.0. The molecule has 1 heterocycles. The highest BCUT2D eigenvalue weighted by Crippen LogP contribution is 2.17. The first kappa shape index (κ1) is 13.4. The Balaban J connectivity index is 3.43. The smallest absolute Gasteiger partial charge is 0.277 e. The van der Waals surface area contributed by atoms with Crippen molar-refractivity contribution in [2.45, 2.75) is 40.2 Å². The summed E-state index contributed by atoms with van der Waals surface area (Å²) < 4.78 is 1.75. The van der Waals surface area contributed by atoms with Gasteiger partial charge >= 0.3 is 0 Å². The molecule has 0 bridgehead atoms. The van der Waals surface area contributed by atoms with Gasteiger partial charge in [0.15, 0.2) is 0 Å². The van der Waals surface area contributed by atoms with Crippen LogP contribution in [-0.4, -0.2) is 10.8 Å². The molecule has 3 nitrogen and oxygen atoms in total. The summed E-state index contributed by atoms with van der Waals surface area (Å²) in [4.78, 5) is 16.5. The van der Waals surface area contributed by atoms with Crippen LogP contribution in [0.5, 0.6) is 0 Å². The van der Waals surface area contributed by atoms with Crippen LogP contribution in [0.25, 0.3) is 6.08 Å². The molecule has 0 amide bonds. The molecule has 0 radical (unpaired) electrons. The van der Waals surface area contributed by atoms with Crippen molar-refractivity contribution in [1.29, 1.82) is 0 Å². The molecule has 1 unspecified atom stereocenters. The zero-order chi connectivity index (χ0) is 12.8. The number of hydrogen-bond donors (Lipinski definition) is 0. The van der Waals surface area contributed by atoms with Crippen LogP contribution in [-0.2, 0) is 0 Å². The van der Waals surface area contributed by atoms with Crippen molar-refractivity contribution >= 4 is 18.0 Å². The monoisotopic (exact) mass is 232 g/mol. The van der Waals surface area contributed by atoms with Gasteiger partial charge in [-0.2, -0.15) is 0 Å². The van der Waals surface area contributed by atoms with E-state index in [9.17, 15) is 4.79 Å². The van der Waals surface area contributed by atoms with Crippen molar-refractivity contribution < 1.29 is 0 Å². The van der Waals surface area contributed by atoms with Crippen LogP contribution in [0.2, 0.25) is 0 Å². The Morgan fingerprint density at radius 3 is 2.71 bits per heavy atom. The third-order valence-corrected chi connectivity index (χ3v) is 2.80. The molecule has 1 aromatic rings. The average molecular weight is 232 g/mol. The number of nitrogens with zero attached hydrogens (tertiary/aromatic N) is 2. The zero-order valence-electron chi connectivity index (χ0n) is 11.0. The van der Waals surface area contributed by atoms with E-state index in [4.69, 9.17) is 0 Å². The summed E-state index contributed by atoms with van der Waals surface area (Å²) in [6, 6.07) is 2.14. The molecule has 0 fully saturated rings. The minimum Gasteiger partial charge on any atom is -0.311 e. The van der Waals surface area contributed by atoms with Gasteiger partial charge in [0.2, 0.25) is 0 Å². The number of rotatable bonds is 4. The molecule has 0 aliphatic heterocycles. The molecule has 0 aliphatic carbocycles. The summed E-state index contributed by atoms with van der Waals surface area (Å²) in [6.45, 7) is 7.86. The molecule has 17 heavy (non-hydrogen) atoms. The van der Waals surface area contributed by atoms with Crippen molar-refractivity contribution in [1.82, 2.24) is 4.57 Å². The van der Waals surface area contributed by atoms with E-state index < -0.39 is 0 Å². The van der Waals surface area contributed by atoms with E-state index in [-0.39, 0.29) is 11.6 Å². The normalized spacial score (nSPS) is 13.6. The largest absolute Gasteiger partial charge is 0.311 e. The van der Waals surface area contributed by atoms with Crippen LogP contribution in [0.15, 0.2) is 28.1 Å². The van der Waals surface area contributed by atoms with Crippen LogP contribution >= 0.6 is 0 Å². The van der Waals surface area contributed by atoms with E-state index >= 15 is 0 Å². The maximum Gasteiger partial charge on any atom is 0.277 e. The summed E-state index contributed by atoms with van der Waals surface area (Å²) in [5.41, 5.74) is 1.37. The number of aromatic nitrogens is 1. The second kappa shape index (κ2) is 6.18. The summed E-state index contributed by atoms with van der Waals surface area (Å²) in [5.74, 6) is 0. The Kier molecular flexibility index (Phi) is 4.88. The molecule has 0 aliphatic rings. The van der Waals surface area contributed by atoms with Crippen molar-refractivity contribution in [2.75, 3.05) is 0 Å². The van der Waals surface area contributed by atoms with Crippen molar-refractivity contribution in [3.63, 3.8) is 0 Å². The second-order valence-corrected chi connectivity index (χ2v) is 3.98. The van der Waals surface area contributed by atoms with Crippen LogP contribution < -0.4 is 5.56 Å². The maximum absolute atomic E-state index is 12.3. The quantitative estimate of drug-likeness (QED) is 0.731. The van der Waals surface area contributed by atoms with Gasteiger partial charge in [0.05, 0.1) is 0 Å². The van der Waals surface area contributed by atoms with Gasteiger partial charge < -0.3 is 4.57 Å². The van der Waals surface area contributed by atoms with Crippen LogP contribution in [0.4, 0.5) is 5.69 Å². The summed E-state index contributed by atoms with van der Waals surface area (Å²) >= 11 is 0. The second-order valence-electron chi connectivity index (χ2n) is 3.98. The highest BCUT2D eigenvalue weighted by Gasteiger charge is 2.10. The highest BCUT2D eigenvalue weighted by atomic mass is 16.1. The fraction of sp³-hybridized carbons (Fsp3) is 0.429. The van der Waals surface area contributed by atoms with E-state index in [1.807, 2.05) is 45.2 Å². The molecule has 0 spiro atoms. The lowest BCUT2D eigenvalue weighted by atomic mass is 10.2. The molecule has 0 aromatic carbocycles. The van der Waals surface area contributed by atoms with Crippen molar-refractivity contribution in [3.8, 4) is 0 Å². The van der Waals surface area contributed by atoms with Gasteiger partial charge in [-0.1, -0.05) is 19.1 Å². The third-order valence-electron chi connectivity index (χ3n) is 2.80. The Morgan fingerprint density at radius 1 is 1.47 bits per heavy atom. The SMILES string of the molecule is CC=Nc1c(/C=C\C)ccn(C(C)CC)c1=O. The minimum absolute atomic E-state index is 0.0203. The van der Waals surface area contributed by atoms with Gasteiger partial charge in [0.25, 0.3) is 5.56 Å². The predicted molar refractivity (Wildman–Crippen MR) is 74.2 cm³/mol. The van der Waals surface area contributed by atoms with E-state index in [1.165, 1.54) is 0 Å². The fourth-order valence-corrected chi connectivity index (χ4v) is 1.67. The first-order valence-corrected chi connectivity index (χ1v) is 6.02. The van der Waals surface area contributed by atoms with E-state index in [0.29, 0.717) is 5.69 Å². The van der Waals surface area contributed by atoms with E-state index in [0.717, 1.165) is 12.0 Å². The van der Waals surface area contributed by atoms with E-state index in [2.05, 4.69) is 11.9 Å². The van der Waals surface area contributed by atoms with Gasteiger partial charge in [-0.3, -0.25) is 9.79 Å². The van der Waals surface area contributed by atoms with Gasteiger partial charge in [-0.05, 0) is 33.3 Å². The minimum atomic E-state index is -0.0203. The van der Waals surface area contributed by atoms with Gasteiger partial charge in [-0.25, -0.2) is 0 Å². The predicted octanol–water partition coefficient (Wildman–Crippen LogP) is 3.57. The van der Waals surface area contributed by atoms with Gasteiger partial charge in [-0.15, -0.1) is 0 Å². The highest BCUT2D eigenvalue weighted by molar-refractivity contribution is 5.68. The molecule has 1 rings (SSSR count).